The number of carbonyl (C=O) groups excluding carboxylic acids is 1. The number of hydrogen-bond donors (Lipinski definition) is 5. The quantitative estimate of drug-likeness (QED) is 0.477. The molecule has 8 nitrogen and oxygen atoms in total. The molecule has 0 fully saturated rings. The molecule has 1 unspecified atom stereocenters. The van der Waals surface area contributed by atoms with Crippen LogP contribution in [0.4, 0.5) is 0 Å². The van der Waals surface area contributed by atoms with Gasteiger partial charge < -0.3 is 29.9 Å². The molecular weight excluding hydrogens is 308 g/mol. The number of allylic oxidation sites excluding steroid dienone is 2. The molecule has 2 aromatic rings. The van der Waals surface area contributed by atoms with Crippen molar-refractivity contribution in [1.29, 1.82) is 0 Å². The minimum Gasteiger partial charge on any atom is -0.504 e. The molecule has 0 saturated carbocycles. The van der Waals surface area contributed by atoms with E-state index < -0.39 is 45.7 Å². The molecule has 23 heavy (non-hydrogen) atoms. The van der Waals surface area contributed by atoms with E-state index in [9.17, 15) is 35.1 Å². The second-order valence-corrected chi connectivity index (χ2v) is 4.88. The second-order valence-electron chi connectivity index (χ2n) is 4.88. The van der Waals surface area contributed by atoms with Crippen LogP contribution in [0.25, 0.3) is 16.5 Å². The Morgan fingerprint density at radius 3 is 2.30 bits per heavy atom. The second kappa shape index (κ2) is 4.89. The van der Waals surface area contributed by atoms with Crippen molar-refractivity contribution in [3.8, 4) is 23.0 Å². The molecule has 0 amide bonds. The van der Waals surface area contributed by atoms with Gasteiger partial charge in [-0.1, -0.05) is 0 Å². The first-order chi connectivity index (χ1) is 10.8. The van der Waals surface area contributed by atoms with E-state index in [0.717, 1.165) is 18.2 Å². The fourth-order valence-corrected chi connectivity index (χ4v) is 2.23. The molecule has 1 aromatic carbocycles. The van der Waals surface area contributed by atoms with Crippen LogP contribution in [-0.2, 0) is 4.79 Å². The lowest BCUT2D eigenvalue weighted by atomic mass is 10.0. The molecule has 0 radical (unpaired) electrons. The zero-order valence-corrected chi connectivity index (χ0v) is 11.3. The molecule has 1 aromatic heterocycles. The van der Waals surface area contributed by atoms with E-state index in [1.54, 1.807) is 0 Å². The smallest absolute Gasteiger partial charge is 0.238 e. The van der Waals surface area contributed by atoms with E-state index in [-0.39, 0.29) is 16.9 Å². The van der Waals surface area contributed by atoms with E-state index in [2.05, 4.69) is 0 Å². The first-order valence-electron chi connectivity index (χ1n) is 6.37. The van der Waals surface area contributed by atoms with E-state index in [4.69, 9.17) is 4.42 Å². The molecule has 0 bridgehead atoms. The van der Waals surface area contributed by atoms with E-state index in [1.807, 2.05) is 0 Å². The Morgan fingerprint density at radius 2 is 1.65 bits per heavy atom. The Balaban J connectivity index is 2.33. The molecule has 0 spiro atoms. The van der Waals surface area contributed by atoms with Crippen molar-refractivity contribution in [1.82, 2.24) is 0 Å². The van der Waals surface area contributed by atoms with Gasteiger partial charge >= 0.3 is 0 Å². The third-order valence-corrected chi connectivity index (χ3v) is 3.41. The Morgan fingerprint density at radius 1 is 0.957 bits per heavy atom. The van der Waals surface area contributed by atoms with Crippen LogP contribution in [0.1, 0.15) is 5.76 Å². The predicted octanol–water partition coefficient (Wildman–Crippen LogP) is 0.499. The highest BCUT2D eigenvalue weighted by Gasteiger charge is 2.24. The molecule has 0 aliphatic heterocycles. The summed E-state index contributed by atoms with van der Waals surface area (Å²) < 4.78 is 5.29. The van der Waals surface area contributed by atoms with Crippen molar-refractivity contribution in [2.75, 3.05) is 0 Å². The number of carbonyl (C=O) groups is 1. The lowest BCUT2D eigenvalue weighted by molar-refractivity contribution is -0.120. The highest BCUT2D eigenvalue weighted by molar-refractivity contribution is 6.01. The number of aliphatic hydroxyl groups excluding tert-OH is 1. The Labute approximate surface area is 127 Å². The summed E-state index contributed by atoms with van der Waals surface area (Å²) in [6.07, 6.45) is 1.91. The lowest BCUT2D eigenvalue weighted by Gasteiger charge is -2.12. The average molecular weight is 318 g/mol. The van der Waals surface area contributed by atoms with Crippen molar-refractivity contribution in [3.05, 3.63) is 40.3 Å². The van der Waals surface area contributed by atoms with Gasteiger partial charge in [0.05, 0.1) is 0 Å². The molecule has 1 aliphatic carbocycles. The first-order valence-corrected chi connectivity index (χ1v) is 6.37. The molecule has 1 aliphatic rings. The molecule has 0 saturated heterocycles. The van der Waals surface area contributed by atoms with Crippen LogP contribution in [0.3, 0.4) is 0 Å². The number of benzene rings is 1. The van der Waals surface area contributed by atoms with Gasteiger partial charge in [-0.25, -0.2) is 0 Å². The first kappa shape index (κ1) is 14.7. The number of phenols is 3. The summed E-state index contributed by atoms with van der Waals surface area (Å²) in [5.41, 5.74) is -1.27. The standard InChI is InChI=1S/C15H10O8/c16-6-2-1-5(3-7(6)17)15-14(22)13(21)10-9(23-15)4-8(18)11(19)12(10)20/h1-4,7,17-20,22H. The number of phenolic OH excluding ortho intramolecular Hbond substituents is 3. The van der Waals surface area contributed by atoms with Gasteiger partial charge in [0.25, 0.3) is 0 Å². The monoisotopic (exact) mass is 318 g/mol. The maximum atomic E-state index is 12.2. The topological polar surface area (TPSA) is 148 Å². The van der Waals surface area contributed by atoms with E-state index >= 15 is 0 Å². The van der Waals surface area contributed by atoms with Gasteiger partial charge in [-0.2, -0.15) is 0 Å². The normalized spacial score (nSPS) is 17.5. The van der Waals surface area contributed by atoms with Crippen molar-refractivity contribution >= 4 is 22.3 Å². The van der Waals surface area contributed by atoms with Crippen LogP contribution >= 0.6 is 0 Å². The molecule has 5 N–H and O–H groups in total. The third kappa shape index (κ3) is 2.12. The maximum Gasteiger partial charge on any atom is 0.238 e. The molecule has 1 heterocycles. The predicted molar refractivity (Wildman–Crippen MR) is 77.3 cm³/mol. The van der Waals surface area contributed by atoms with E-state index in [1.165, 1.54) is 6.08 Å². The molecule has 8 heteroatoms. The summed E-state index contributed by atoms with van der Waals surface area (Å²) in [5, 5.41) is 47.6. The SMILES string of the molecule is O=C1C=CC(c2oc3cc(O)c(O)c(O)c3c(=O)c2O)=CC1O. The fourth-order valence-electron chi connectivity index (χ4n) is 2.23. The molecule has 3 rings (SSSR count). The van der Waals surface area contributed by atoms with Gasteiger partial charge in [0.2, 0.25) is 16.9 Å². The summed E-state index contributed by atoms with van der Waals surface area (Å²) in [5.74, 6) is -4.38. The highest BCUT2D eigenvalue weighted by atomic mass is 16.4. The summed E-state index contributed by atoms with van der Waals surface area (Å²) in [7, 11) is 0. The third-order valence-electron chi connectivity index (χ3n) is 3.41. The minimum atomic E-state index is -1.45. The summed E-state index contributed by atoms with van der Waals surface area (Å²) in [6.45, 7) is 0. The minimum absolute atomic E-state index is 0.0701. The van der Waals surface area contributed by atoms with Crippen LogP contribution in [0.15, 0.2) is 33.5 Å². The number of aliphatic hydroxyl groups is 1. The van der Waals surface area contributed by atoms with Gasteiger partial charge in [0.15, 0.2) is 23.0 Å². The summed E-state index contributed by atoms with van der Waals surface area (Å²) >= 11 is 0. The summed E-state index contributed by atoms with van der Waals surface area (Å²) in [6, 6.07) is 0.892. The van der Waals surface area contributed by atoms with Crippen LogP contribution in [-0.4, -0.2) is 37.4 Å². The zero-order chi connectivity index (χ0) is 16.9. The van der Waals surface area contributed by atoms with Crippen LogP contribution in [0.5, 0.6) is 23.0 Å². The van der Waals surface area contributed by atoms with E-state index in [0.29, 0.717) is 0 Å². The Kier molecular flexibility index (Phi) is 3.12. The van der Waals surface area contributed by atoms with Crippen LogP contribution in [0.2, 0.25) is 0 Å². The number of rotatable bonds is 1. The van der Waals surface area contributed by atoms with Gasteiger partial charge in [0.1, 0.15) is 17.1 Å². The van der Waals surface area contributed by atoms with Gasteiger partial charge in [-0.15, -0.1) is 0 Å². The lowest BCUT2D eigenvalue weighted by Crippen LogP contribution is -2.18. The van der Waals surface area contributed by atoms with Gasteiger partial charge in [-0.05, 0) is 18.2 Å². The average Bonchev–Trinajstić information content (AvgIpc) is 2.51. The highest BCUT2D eigenvalue weighted by Crippen LogP contribution is 2.41. The van der Waals surface area contributed by atoms with Gasteiger partial charge in [-0.3, -0.25) is 9.59 Å². The maximum absolute atomic E-state index is 12.2. The molecular formula is C15H10O8. The number of fused-ring (bicyclic) bond motifs is 1. The summed E-state index contributed by atoms with van der Waals surface area (Å²) in [4.78, 5) is 23.4. The van der Waals surface area contributed by atoms with Crippen LogP contribution < -0.4 is 5.43 Å². The van der Waals surface area contributed by atoms with Crippen molar-refractivity contribution in [3.63, 3.8) is 0 Å². The fraction of sp³-hybridized carbons (Fsp3) is 0.0667. The van der Waals surface area contributed by atoms with Gasteiger partial charge in [0, 0.05) is 11.6 Å². The van der Waals surface area contributed by atoms with Crippen molar-refractivity contribution < 1.29 is 34.7 Å². The van der Waals surface area contributed by atoms with Crippen molar-refractivity contribution in [2.45, 2.75) is 6.10 Å². The number of aromatic hydroxyl groups is 4. The van der Waals surface area contributed by atoms with Crippen LogP contribution in [0, 0.1) is 0 Å². The largest absolute Gasteiger partial charge is 0.504 e. The molecule has 1 atom stereocenters. The Hall–Kier alpha value is -3.26. The molecule has 118 valence electrons. The Bertz CT molecular complexity index is 964. The zero-order valence-electron chi connectivity index (χ0n) is 11.3. The number of hydrogen-bond acceptors (Lipinski definition) is 8. The number of ketones is 1. The van der Waals surface area contributed by atoms with Crippen molar-refractivity contribution in [2.24, 2.45) is 0 Å².